The van der Waals surface area contributed by atoms with Crippen LogP contribution >= 0.6 is 34.3 Å². The molecule has 7 heterocycles. The van der Waals surface area contributed by atoms with Crippen LogP contribution < -0.4 is 11.1 Å². The van der Waals surface area contributed by atoms with Crippen LogP contribution in [0, 0.1) is 0 Å². The van der Waals surface area contributed by atoms with Crippen molar-refractivity contribution in [3.8, 4) is 0 Å². The molecule has 0 aliphatic carbocycles. The van der Waals surface area contributed by atoms with Crippen molar-refractivity contribution in [3.05, 3.63) is 260 Å². The number of carbonyl (C=O) groups excluding carboxylic acids is 3. The molecule has 0 saturated carbocycles. The molecular weight excluding hydrogens is 964 g/mol. The van der Waals surface area contributed by atoms with E-state index in [2.05, 4.69) is 129 Å². The van der Waals surface area contributed by atoms with Crippen molar-refractivity contribution in [1.82, 2.24) is 25.2 Å². The van der Waals surface area contributed by atoms with E-state index >= 15 is 0 Å². The maximum absolute atomic E-state index is 13.2. The molecule has 6 aromatic carbocycles. The fourth-order valence-electron chi connectivity index (χ4n) is 9.51. The summed E-state index contributed by atoms with van der Waals surface area (Å²) >= 11 is 7.97. The topological polar surface area (TPSA) is 140 Å². The second-order valence-corrected chi connectivity index (χ2v) is 19.6. The summed E-state index contributed by atoms with van der Waals surface area (Å²) in [5, 5.41) is 11.0. The normalized spacial score (nSPS) is 14.4. The highest BCUT2D eigenvalue weighted by molar-refractivity contribution is 7.14. The van der Waals surface area contributed by atoms with Gasteiger partial charge >= 0.3 is 0 Å². The number of para-hydroxylation sites is 3. The monoisotopic (exact) mass is 1020 g/mol. The summed E-state index contributed by atoms with van der Waals surface area (Å²) in [5.41, 5.74) is 18.9. The van der Waals surface area contributed by atoms with E-state index in [9.17, 15) is 14.4 Å². The summed E-state index contributed by atoms with van der Waals surface area (Å²) < 4.78 is 0. The zero-order valence-electron chi connectivity index (χ0n) is 40.0. The Balaban J connectivity index is 0.000000122. The molecule has 12 heteroatoms. The predicted octanol–water partition coefficient (Wildman–Crippen LogP) is 13.7. The number of amides is 1. The molecule has 73 heavy (non-hydrogen) atoms. The van der Waals surface area contributed by atoms with Gasteiger partial charge in [0, 0.05) is 68.9 Å². The summed E-state index contributed by atoms with van der Waals surface area (Å²) in [6.07, 6.45) is 5.80. The van der Waals surface area contributed by atoms with Crippen molar-refractivity contribution in [2.45, 2.75) is 31.3 Å². The molecule has 366 valence electrons. The number of aromatic amines is 3. The fourth-order valence-corrected chi connectivity index (χ4v) is 10.9. The quantitative estimate of drug-likeness (QED) is 0.0799. The number of hydrogen-bond acceptors (Lipinski definition) is 7. The highest BCUT2D eigenvalue weighted by Gasteiger charge is 2.35. The lowest BCUT2D eigenvalue weighted by Crippen LogP contribution is -2.40. The second kappa shape index (κ2) is 24.7. The number of H-pyrrole nitrogens is 3. The highest BCUT2D eigenvalue weighted by atomic mass is 35.5. The van der Waals surface area contributed by atoms with Crippen LogP contribution in [0.15, 0.2) is 205 Å². The molecule has 5 aromatic heterocycles. The molecule has 0 saturated heterocycles. The molecule has 6 N–H and O–H groups in total. The Morgan fingerprint density at radius 1 is 0.603 bits per heavy atom. The molecule has 2 aliphatic heterocycles. The van der Waals surface area contributed by atoms with E-state index in [1.54, 1.807) is 24.3 Å². The number of hydrogen-bond donors (Lipinski definition) is 5. The molecule has 0 spiro atoms. The fraction of sp³-hybridized carbons (Fsp3) is 0.131. The number of halogens is 1. The Labute approximate surface area is 437 Å². The number of rotatable bonds is 7. The lowest BCUT2D eigenvalue weighted by atomic mass is 9.92. The highest BCUT2D eigenvalue weighted by Crippen LogP contribution is 2.39. The van der Waals surface area contributed by atoms with Crippen LogP contribution in [0.5, 0.6) is 0 Å². The Hall–Kier alpha value is -7.64. The van der Waals surface area contributed by atoms with Crippen molar-refractivity contribution >= 4 is 84.4 Å². The molecule has 1 amide bonds. The van der Waals surface area contributed by atoms with E-state index in [4.69, 9.17) is 17.3 Å². The summed E-state index contributed by atoms with van der Waals surface area (Å²) in [6, 6.07) is 62.9. The number of aromatic nitrogens is 3. The van der Waals surface area contributed by atoms with Gasteiger partial charge in [-0.15, -0.1) is 22.7 Å². The minimum Gasteiger partial charge on any atom is -0.361 e. The molecule has 13 rings (SSSR count). The van der Waals surface area contributed by atoms with Crippen LogP contribution in [0.25, 0.3) is 32.7 Å². The number of nitrogens with zero attached hydrogens (tertiary/aromatic N) is 1. The van der Waals surface area contributed by atoms with E-state index in [1.165, 1.54) is 77.8 Å². The van der Waals surface area contributed by atoms with Gasteiger partial charge in [0.05, 0.1) is 21.8 Å². The van der Waals surface area contributed by atoms with Gasteiger partial charge in [-0.1, -0.05) is 158 Å². The van der Waals surface area contributed by atoms with Gasteiger partial charge in [-0.25, -0.2) is 0 Å². The van der Waals surface area contributed by atoms with Gasteiger partial charge in [0.15, 0.2) is 0 Å². The number of carbonyl (C=O) groups is 3. The SMILES string of the molecule is NCCc1c[nH]c2ccccc12.O=C(Cl)c1cccs1.O=C(c1cccs1)N1CCc2c([nH]c3ccccc23)C1c1ccccc1.O=Cc1ccccc1.c1ccc(C2NCCc3c2[nH]c2ccccc32)cc1. The first kappa shape index (κ1) is 50.3. The first-order chi connectivity index (χ1) is 35.9. The number of thiophene rings is 2. The third-order valence-corrected chi connectivity index (χ3v) is 14.9. The molecule has 0 fully saturated rings. The van der Waals surface area contributed by atoms with Crippen molar-refractivity contribution in [3.63, 3.8) is 0 Å². The minimum absolute atomic E-state index is 0.0815. The number of aldehydes is 1. The molecule has 2 atom stereocenters. The van der Waals surface area contributed by atoms with E-state index < -0.39 is 0 Å². The van der Waals surface area contributed by atoms with Crippen LogP contribution in [0.4, 0.5) is 0 Å². The van der Waals surface area contributed by atoms with Gasteiger partial charge in [0.2, 0.25) is 0 Å². The summed E-state index contributed by atoms with van der Waals surface area (Å²) in [5.74, 6) is 0.109. The van der Waals surface area contributed by atoms with E-state index in [0.717, 1.165) is 65.9 Å². The van der Waals surface area contributed by atoms with Crippen molar-refractivity contribution in [1.29, 1.82) is 0 Å². The van der Waals surface area contributed by atoms with Crippen molar-refractivity contribution in [2.24, 2.45) is 5.73 Å². The maximum Gasteiger partial charge on any atom is 0.264 e. The van der Waals surface area contributed by atoms with Crippen molar-refractivity contribution in [2.75, 3.05) is 19.6 Å². The molecule has 2 aliphatic rings. The van der Waals surface area contributed by atoms with Gasteiger partial charge in [0.25, 0.3) is 11.1 Å². The van der Waals surface area contributed by atoms with Crippen LogP contribution in [0.2, 0.25) is 0 Å². The lowest BCUT2D eigenvalue weighted by molar-refractivity contribution is 0.0696. The number of nitrogens with two attached hydrogens (primary N) is 1. The summed E-state index contributed by atoms with van der Waals surface area (Å²) in [4.78, 5) is 47.3. The van der Waals surface area contributed by atoms with E-state index in [1.807, 2.05) is 76.5 Å². The van der Waals surface area contributed by atoms with Gasteiger partial charge < -0.3 is 30.9 Å². The first-order valence-corrected chi connectivity index (χ1v) is 26.4. The number of nitrogens with one attached hydrogen (secondary N) is 4. The van der Waals surface area contributed by atoms with Gasteiger partial charge in [-0.05, 0) is 106 Å². The average molecular weight is 1020 g/mol. The standard InChI is InChI=1S/C22H18N2OS.C17H16N2.C10H12N2.C7H6O.C5H3ClOS/c25-22(19-11-6-14-26-19)24-13-12-17-16-9-4-5-10-18(16)23-20(17)21(24)15-7-2-1-3-8-15;1-2-6-12(7-3-1)16-17-14(10-11-18-16)13-8-4-5-9-15(13)19-17;11-6-5-8-7-12-10-4-2-1-3-9(8)10;8-6-7-4-2-1-3-5-7;6-5(7)4-2-1-3-8-4/h1-11,14,21,23H,12-13H2;1-9,16,18-19H,10-11H2;1-4,7,12H,5-6,11H2;1-6H;1-3H. The van der Waals surface area contributed by atoms with Crippen LogP contribution in [0.3, 0.4) is 0 Å². The summed E-state index contributed by atoms with van der Waals surface area (Å²) in [7, 11) is 0. The smallest absolute Gasteiger partial charge is 0.264 e. The van der Waals surface area contributed by atoms with Gasteiger partial charge in [-0.2, -0.15) is 0 Å². The molecule has 11 aromatic rings. The average Bonchev–Trinajstić information content (AvgIpc) is 4.33. The second-order valence-electron chi connectivity index (χ2n) is 17.4. The molecule has 9 nitrogen and oxygen atoms in total. The zero-order valence-corrected chi connectivity index (χ0v) is 42.4. The zero-order chi connectivity index (χ0) is 50.4. The Bertz CT molecular complexity index is 3500. The minimum atomic E-state index is -0.375. The molecular formula is C61H55ClN6O3S2. The van der Waals surface area contributed by atoms with E-state index in [0.29, 0.717) is 11.4 Å². The lowest BCUT2D eigenvalue weighted by Gasteiger charge is -2.36. The van der Waals surface area contributed by atoms with E-state index in [-0.39, 0.29) is 23.2 Å². The number of benzene rings is 6. The largest absolute Gasteiger partial charge is 0.361 e. The van der Waals surface area contributed by atoms with Crippen LogP contribution in [-0.4, -0.2) is 56.9 Å². The Morgan fingerprint density at radius 2 is 1.14 bits per heavy atom. The maximum atomic E-state index is 13.2. The van der Waals surface area contributed by atoms with Crippen LogP contribution in [0.1, 0.15) is 81.0 Å². The first-order valence-electron chi connectivity index (χ1n) is 24.3. The molecule has 2 unspecified atom stereocenters. The third kappa shape index (κ3) is 12.0. The Morgan fingerprint density at radius 3 is 1.70 bits per heavy atom. The van der Waals surface area contributed by atoms with Crippen molar-refractivity contribution < 1.29 is 14.4 Å². The molecule has 0 bridgehead atoms. The summed E-state index contributed by atoms with van der Waals surface area (Å²) in [6.45, 7) is 2.47. The third-order valence-electron chi connectivity index (χ3n) is 12.9. The molecule has 0 radical (unpaired) electrons. The van der Waals surface area contributed by atoms with Gasteiger partial charge in [0.1, 0.15) is 6.29 Å². The van der Waals surface area contributed by atoms with Crippen LogP contribution in [-0.2, 0) is 19.3 Å². The predicted molar refractivity (Wildman–Crippen MR) is 301 cm³/mol. The Kier molecular flexibility index (Phi) is 17.0. The number of fused-ring (bicyclic) bond motifs is 7. The van der Waals surface area contributed by atoms with Gasteiger partial charge in [-0.3, -0.25) is 14.4 Å².